The summed E-state index contributed by atoms with van der Waals surface area (Å²) in [5, 5.41) is 3.28. The summed E-state index contributed by atoms with van der Waals surface area (Å²) >= 11 is 0. The molecule has 0 unspecified atom stereocenters. The zero-order chi connectivity index (χ0) is 25.5. The van der Waals surface area contributed by atoms with Crippen molar-refractivity contribution in [2.75, 3.05) is 66.1 Å². The number of nitrogens with one attached hydrogen (secondary N) is 1. The number of rotatable bonds is 12. The fourth-order valence-corrected chi connectivity index (χ4v) is 4.46. The molecular formula is C28H39N3O5. The normalized spacial score (nSPS) is 17.5. The minimum atomic E-state index is -0.440. The van der Waals surface area contributed by atoms with Gasteiger partial charge < -0.3 is 34.1 Å². The van der Waals surface area contributed by atoms with Crippen molar-refractivity contribution in [2.45, 2.75) is 38.0 Å². The maximum Gasteiger partial charge on any atom is 0.253 e. The summed E-state index contributed by atoms with van der Waals surface area (Å²) in [4.78, 5) is 17.6. The Balaban J connectivity index is 1.68. The van der Waals surface area contributed by atoms with Gasteiger partial charge >= 0.3 is 0 Å². The monoisotopic (exact) mass is 497 g/mol. The van der Waals surface area contributed by atoms with E-state index in [4.69, 9.17) is 18.9 Å². The molecule has 1 N–H and O–H groups in total. The fraction of sp³-hybridized carbons (Fsp3) is 0.536. The zero-order valence-electron chi connectivity index (χ0n) is 21.9. The summed E-state index contributed by atoms with van der Waals surface area (Å²) in [6, 6.07) is 12.7. The highest BCUT2D eigenvalue weighted by molar-refractivity contribution is 5.82. The Hall–Kier alpha value is -2.81. The molecule has 2 aromatic carbocycles. The summed E-state index contributed by atoms with van der Waals surface area (Å²) in [7, 11) is 7.40. The maximum atomic E-state index is 13.5. The van der Waals surface area contributed by atoms with Crippen molar-refractivity contribution >= 4 is 11.6 Å². The predicted molar refractivity (Wildman–Crippen MR) is 141 cm³/mol. The lowest BCUT2D eigenvalue weighted by molar-refractivity contribution is -0.146. The van der Waals surface area contributed by atoms with Gasteiger partial charge in [0, 0.05) is 65.6 Å². The minimum absolute atomic E-state index is 0.0528. The van der Waals surface area contributed by atoms with Crippen LogP contribution in [0.15, 0.2) is 36.4 Å². The van der Waals surface area contributed by atoms with Crippen molar-refractivity contribution in [3.8, 4) is 22.6 Å². The minimum Gasteiger partial charge on any atom is -0.493 e. The van der Waals surface area contributed by atoms with Crippen LogP contribution in [-0.4, -0.2) is 84.2 Å². The second kappa shape index (κ2) is 12.4. The van der Waals surface area contributed by atoms with E-state index >= 15 is 0 Å². The van der Waals surface area contributed by atoms with Crippen LogP contribution in [0.5, 0.6) is 11.5 Å². The first-order chi connectivity index (χ1) is 17.5. The Morgan fingerprint density at radius 3 is 2.47 bits per heavy atom. The standard InChI is InChI=1S/C28H39N3O5/c1-30(2)22-8-6-20(7-9-22)24-17-25(34-4)26(35-14-5-13-33-3)16-21(24)19-31(23-10-11-23)28(32)27-18-29-12-15-36-27/h6-9,16-17,23,27,29H,5,10-15,18-19H2,1-4H3/t27-/m1/s1. The summed E-state index contributed by atoms with van der Waals surface area (Å²) in [6.45, 7) is 3.53. The summed E-state index contributed by atoms with van der Waals surface area (Å²) < 4.78 is 22.8. The fourth-order valence-electron chi connectivity index (χ4n) is 4.46. The number of benzene rings is 2. The van der Waals surface area contributed by atoms with Gasteiger partial charge in [0.15, 0.2) is 11.5 Å². The van der Waals surface area contributed by atoms with E-state index in [1.54, 1.807) is 14.2 Å². The molecule has 2 fully saturated rings. The van der Waals surface area contributed by atoms with Crippen molar-refractivity contribution in [2.24, 2.45) is 0 Å². The van der Waals surface area contributed by atoms with Gasteiger partial charge in [0.2, 0.25) is 0 Å². The Kier molecular flexibility index (Phi) is 9.07. The van der Waals surface area contributed by atoms with Gasteiger partial charge in [-0.05, 0) is 53.8 Å². The van der Waals surface area contributed by atoms with Crippen LogP contribution in [0.4, 0.5) is 5.69 Å². The first-order valence-electron chi connectivity index (χ1n) is 12.7. The molecule has 0 spiro atoms. The molecule has 1 amide bonds. The highest BCUT2D eigenvalue weighted by atomic mass is 16.5. The van der Waals surface area contributed by atoms with Gasteiger partial charge in [0.1, 0.15) is 6.10 Å². The number of nitrogens with zero attached hydrogens (tertiary/aromatic N) is 2. The van der Waals surface area contributed by atoms with E-state index in [1.807, 2.05) is 31.1 Å². The topological polar surface area (TPSA) is 72.5 Å². The van der Waals surface area contributed by atoms with Crippen molar-refractivity contribution in [1.29, 1.82) is 0 Å². The van der Waals surface area contributed by atoms with Crippen LogP contribution in [0.2, 0.25) is 0 Å². The molecule has 1 saturated heterocycles. The molecule has 2 aliphatic rings. The third-order valence-corrected chi connectivity index (χ3v) is 6.65. The maximum absolute atomic E-state index is 13.5. The Morgan fingerprint density at radius 1 is 1.08 bits per heavy atom. The van der Waals surface area contributed by atoms with Crippen molar-refractivity contribution in [3.05, 3.63) is 42.0 Å². The molecule has 2 aromatic rings. The highest BCUT2D eigenvalue weighted by Gasteiger charge is 2.37. The average molecular weight is 498 g/mol. The van der Waals surface area contributed by atoms with Crippen molar-refractivity contribution in [1.82, 2.24) is 10.2 Å². The van der Waals surface area contributed by atoms with Crippen LogP contribution >= 0.6 is 0 Å². The number of hydrogen-bond donors (Lipinski definition) is 1. The van der Waals surface area contributed by atoms with Gasteiger partial charge in [-0.2, -0.15) is 0 Å². The van der Waals surface area contributed by atoms with E-state index in [2.05, 4.69) is 34.5 Å². The second-order valence-electron chi connectivity index (χ2n) is 9.56. The predicted octanol–water partition coefficient (Wildman–Crippen LogP) is 3.32. The lowest BCUT2D eigenvalue weighted by Gasteiger charge is -2.31. The SMILES string of the molecule is COCCCOc1cc(CN(C(=O)[C@H]2CNCCO2)C2CC2)c(-c2ccc(N(C)C)cc2)cc1OC. The summed E-state index contributed by atoms with van der Waals surface area (Å²) in [5.74, 6) is 1.40. The van der Waals surface area contributed by atoms with Crippen LogP contribution < -0.4 is 19.7 Å². The molecule has 0 radical (unpaired) electrons. The Labute approximate surface area is 214 Å². The van der Waals surface area contributed by atoms with Gasteiger partial charge in [-0.15, -0.1) is 0 Å². The van der Waals surface area contributed by atoms with Crippen LogP contribution in [-0.2, 0) is 20.8 Å². The zero-order valence-corrected chi connectivity index (χ0v) is 21.9. The summed E-state index contributed by atoms with van der Waals surface area (Å²) in [6.07, 6.45) is 2.39. The molecule has 4 rings (SSSR count). The van der Waals surface area contributed by atoms with Crippen LogP contribution in [0.1, 0.15) is 24.8 Å². The smallest absolute Gasteiger partial charge is 0.253 e. The van der Waals surface area contributed by atoms with Crippen molar-refractivity contribution in [3.63, 3.8) is 0 Å². The third-order valence-electron chi connectivity index (χ3n) is 6.65. The molecule has 1 aliphatic carbocycles. The van der Waals surface area contributed by atoms with Gasteiger partial charge in [0.25, 0.3) is 5.91 Å². The van der Waals surface area contributed by atoms with Gasteiger partial charge in [-0.3, -0.25) is 4.79 Å². The molecule has 1 atom stereocenters. The molecule has 8 nitrogen and oxygen atoms in total. The van der Waals surface area contributed by atoms with E-state index in [-0.39, 0.29) is 11.9 Å². The number of carbonyl (C=O) groups is 1. The quantitative estimate of drug-likeness (QED) is 0.451. The number of carbonyl (C=O) groups excluding carboxylic acids is 1. The highest BCUT2D eigenvalue weighted by Crippen LogP contribution is 2.39. The largest absolute Gasteiger partial charge is 0.493 e. The van der Waals surface area contributed by atoms with E-state index < -0.39 is 6.10 Å². The number of methoxy groups -OCH3 is 2. The average Bonchev–Trinajstić information content (AvgIpc) is 3.75. The van der Waals surface area contributed by atoms with Crippen LogP contribution in [0, 0.1) is 0 Å². The number of hydrogen-bond acceptors (Lipinski definition) is 7. The molecular weight excluding hydrogens is 458 g/mol. The molecule has 1 aliphatic heterocycles. The molecule has 196 valence electrons. The Bertz CT molecular complexity index is 1000. The van der Waals surface area contributed by atoms with E-state index in [1.165, 1.54) is 0 Å². The van der Waals surface area contributed by atoms with Crippen molar-refractivity contribution < 1.29 is 23.7 Å². The lowest BCUT2D eigenvalue weighted by atomic mass is 9.97. The van der Waals surface area contributed by atoms with Crippen LogP contribution in [0.3, 0.4) is 0 Å². The Morgan fingerprint density at radius 2 is 1.86 bits per heavy atom. The number of ether oxygens (including phenoxy) is 4. The first-order valence-corrected chi connectivity index (χ1v) is 12.7. The molecule has 0 aromatic heterocycles. The summed E-state index contributed by atoms with van der Waals surface area (Å²) in [5.41, 5.74) is 4.25. The van der Waals surface area contributed by atoms with E-state index in [0.29, 0.717) is 44.4 Å². The molecule has 1 heterocycles. The molecule has 8 heteroatoms. The van der Waals surface area contributed by atoms with E-state index in [0.717, 1.165) is 48.2 Å². The molecule has 0 bridgehead atoms. The van der Waals surface area contributed by atoms with Gasteiger partial charge in [-0.1, -0.05) is 12.1 Å². The molecule has 1 saturated carbocycles. The van der Waals surface area contributed by atoms with Gasteiger partial charge in [0.05, 0.1) is 20.3 Å². The van der Waals surface area contributed by atoms with E-state index in [9.17, 15) is 4.79 Å². The number of amides is 1. The second-order valence-corrected chi connectivity index (χ2v) is 9.56. The van der Waals surface area contributed by atoms with Gasteiger partial charge in [-0.25, -0.2) is 0 Å². The first kappa shape index (κ1) is 26.3. The molecule has 36 heavy (non-hydrogen) atoms. The lowest BCUT2D eigenvalue weighted by Crippen LogP contribution is -2.49. The van der Waals surface area contributed by atoms with Crippen LogP contribution in [0.25, 0.3) is 11.1 Å². The number of anilines is 1. The third kappa shape index (κ3) is 6.49. The number of morpholine rings is 1.